The normalized spacial score (nSPS) is 10.2. The van der Waals surface area contributed by atoms with Gasteiger partial charge in [-0.2, -0.15) is 0 Å². The molecule has 0 heterocycles. The zero-order chi connectivity index (χ0) is 14.8. The maximum atomic E-state index is 11.6. The molecule has 110 valence electrons. The maximum absolute atomic E-state index is 11.6. The van der Waals surface area contributed by atoms with Gasteiger partial charge in [0.2, 0.25) is 0 Å². The largest absolute Gasteiger partial charge is 0.478 e. The molecule has 0 aromatic heterocycles. The van der Waals surface area contributed by atoms with E-state index in [2.05, 4.69) is 6.92 Å². The van der Waals surface area contributed by atoms with Crippen LogP contribution in [0.1, 0.15) is 61.4 Å². The highest BCUT2D eigenvalue weighted by Gasteiger charge is 2.10. The molecule has 0 aliphatic heterocycles. The molecule has 1 N–H and O–H groups in total. The SMILES string of the molecule is CCCCCCCC(=O)OCc1ccccc1C(=O)O. The lowest BCUT2D eigenvalue weighted by Gasteiger charge is -2.07. The second-order valence-electron chi connectivity index (χ2n) is 4.79. The van der Waals surface area contributed by atoms with Gasteiger partial charge in [-0.15, -0.1) is 0 Å². The fourth-order valence-electron chi connectivity index (χ4n) is 1.96. The summed E-state index contributed by atoms with van der Waals surface area (Å²) in [6.07, 6.45) is 5.79. The summed E-state index contributed by atoms with van der Waals surface area (Å²) in [6.45, 7) is 2.17. The summed E-state index contributed by atoms with van der Waals surface area (Å²) in [4.78, 5) is 22.6. The molecule has 4 heteroatoms. The van der Waals surface area contributed by atoms with Crippen LogP contribution in [0, 0.1) is 0 Å². The van der Waals surface area contributed by atoms with E-state index in [9.17, 15) is 9.59 Å². The van der Waals surface area contributed by atoms with Crippen LogP contribution in [-0.2, 0) is 16.1 Å². The van der Waals surface area contributed by atoms with E-state index in [1.807, 2.05) is 0 Å². The van der Waals surface area contributed by atoms with Crippen molar-refractivity contribution >= 4 is 11.9 Å². The summed E-state index contributed by atoms with van der Waals surface area (Å²) in [6, 6.07) is 6.57. The number of rotatable bonds is 9. The molecule has 0 atom stereocenters. The Kier molecular flexibility index (Phi) is 7.40. The molecule has 0 spiro atoms. The molecule has 0 aliphatic carbocycles. The summed E-state index contributed by atoms with van der Waals surface area (Å²) in [7, 11) is 0. The van der Waals surface area contributed by atoms with Gasteiger partial charge in [0.05, 0.1) is 5.56 Å². The summed E-state index contributed by atoms with van der Waals surface area (Å²) in [5.74, 6) is -1.27. The van der Waals surface area contributed by atoms with Crippen molar-refractivity contribution in [1.82, 2.24) is 0 Å². The van der Waals surface area contributed by atoms with Crippen LogP contribution in [0.3, 0.4) is 0 Å². The zero-order valence-electron chi connectivity index (χ0n) is 11.9. The monoisotopic (exact) mass is 278 g/mol. The van der Waals surface area contributed by atoms with Crippen molar-refractivity contribution in [2.45, 2.75) is 52.1 Å². The van der Waals surface area contributed by atoms with Crippen molar-refractivity contribution in [2.75, 3.05) is 0 Å². The predicted octanol–water partition coefficient (Wildman–Crippen LogP) is 3.79. The van der Waals surface area contributed by atoms with Gasteiger partial charge in [0, 0.05) is 12.0 Å². The average molecular weight is 278 g/mol. The molecule has 1 rings (SSSR count). The second-order valence-corrected chi connectivity index (χ2v) is 4.79. The van der Waals surface area contributed by atoms with E-state index in [0.29, 0.717) is 12.0 Å². The molecule has 0 aliphatic rings. The van der Waals surface area contributed by atoms with Crippen molar-refractivity contribution in [3.05, 3.63) is 35.4 Å². The Morgan fingerprint density at radius 1 is 1.10 bits per heavy atom. The molecule has 1 aromatic carbocycles. The van der Waals surface area contributed by atoms with E-state index in [-0.39, 0.29) is 18.1 Å². The minimum absolute atomic E-state index is 0.0241. The highest BCUT2D eigenvalue weighted by atomic mass is 16.5. The van der Waals surface area contributed by atoms with E-state index < -0.39 is 5.97 Å². The lowest BCUT2D eigenvalue weighted by atomic mass is 10.1. The first-order valence-corrected chi connectivity index (χ1v) is 7.12. The molecule has 0 unspecified atom stereocenters. The number of carboxylic acid groups (broad SMARTS) is 1. The van der Waals surface area contributed by atoms with Crippen molar-refractivity contribution < 1.29 is 19.4 Å². The van der Waals surface area contributed by atoms with Gasteiger partial charge in [-0.25, -0.2) is 4.79 Å². The highest BCUT2D eigenvalue weighted by molar-refractivity contribution is 5.89. The molecule has 0 bridgehead atoms. The lowest BCUT2D eigenvalue weighted by molar-refractivity contribution is -0.145. The molecule has 0 amide bonds. The number of carbonyl (C=O) groups excluding carboxylic acids is 1. The average Bonchev–Trinajstić information content (AvgIpc) is 2.45. The molecule has 4 nitrogen and oxygen atoms in total. The fraction of sp³-hybridized carbons (Fsp3) is 0.500. The Morgan fingerprint density at radius 2 is 1.80 bits per heavy atom. The van der Waals surface area contributed by atoms with Crippen molar-refractivity contribution in [3.63, 3.8) is 0 Å². The molecule has 0 saturated carbocycles. The van der Waals surface area contributed by atoms with E-state index in [4.69, 9.17) is 9.84 Å². The van der Waals surface area contributed by atoms with Crippen LogP contribution in [-0.4, -0.2) is 17.0 Å². The predicted molar refractivity (Wildman–Crippen MR) is 76.6 cm³/mol. The smallest absolute Gasteiger partial charge is 0.336 e. The number of carbonyl (C=O) groups is 2. The molecular formula is C16H22O4. The van der Waals surface area contributed by atoms with Crippen LogP contribution in [0.4, 0.5) is 0 Å². The first-order valence-electron chi connectivity index (χ1n) is 7.12. The third-order valence-corrected chi connectivity index (χ3v) is 3.12. The van der Waals surface area contributed by atoms with Gasteiger partial charge in [-0.05, 0) is 12.5 Å². The van der Waals surface area contributed by atoms with Gasteiger partial charge in [0.25, 0.3) is 0 Å². The third kappa shape index (κ3) is 5.87. The summed E-state index contributed by atoms with van der Waals surface area (Å²) < 4.78 is 5.12. The van der Waals surface area contributed by atoms with Crippen molar-refractivity contribution in [1.29, 1.82) is 0 Å². The van der Waals surface area contributed by atoms with E-state index in [0.717, 1.165) is 19.3 Å². The maximum Gasteiger partial charge on any atom is 0.336 e. The van der Waals surface area contributed by atoms with Crippen LogP contribution < -0.4 is 0 Å². The first kappa shape index (κ1) is 16.2. The van der Waals surface area contributed by atoms with Crippen molar-refractivity contribution in [3.8, 4) is 0 Å². The van der Waals surface area contributed by atoms with Crippen LogP contribution in [0.5, 0.6) is 0 Å². The summed E-state index contributed by atoms with van der Waals surface area (Å²) >= 11 is 0. The Balaban J connectivity index is 2.32. The molecule has 0 fully saturated rings. The van der Waals surface area contributed by atoms with Crippen molar-refractivity contribution in [2.24, 2.45) is 0 Å². The number of unbranched alkanes of at least 4 members (excludes halogenated alkanes) is 4. The van der Waals surface area contributed by atoms with Gasteiger partial charge in [0.15, 0.2) is 0 Å². The Labute approximate surface area is 119 Å². The first-order chi connectivity index (χ1) is 9.65. The van der Waals surface area contributed by atoms with Crippen LogP contribution in [0.2, 0.25) is 0 Å². The van der Waals surface area contributed by atoms with Gasteiger partial charge in [-0.3, -0.25) is 4.79 Å². The van der Waals surface area contributed by atoms with Gasteiger partial charge >= 0.3 is 11.9 Å². The van der Waals surface area contributed by atoms with Crippen LogP contribution in [0.25, 0.3) is 0 Å². The number of carboxylic acids is 1. The minimum atomic E-state index is -1.00. The van der Waals surface area contributed by atoms with Gasteiger partial charge in [0.1, 0.15) is 6.61 Å². The van der Waals surface area contributed by atoms with Crippen LogP contribution in [0.15, 0.2) is 24.3 Å². The molecular weight excluding hydrogens is 256 g/mol. The number of ether oxygens (including phenoxy) is 1. The van der Waals surface area contributed by atoms with Gasteiger partial charge in [-0.1, -0.05) is 50.8 Å². The minimum Gasteiger partial charge on any atom is -0.478 e. The summed E-state index contributed by atoms with van der Waals surface area (Å²) in [5.41, 5.74) is 0.711. The number of hydrogen-bond acceptors (Lipinski definition) is 3. The zero-order valence-corrected chi connectivity index (χ0v) is 11.9. The van der Waals surface area contributed by atoms with Gasteiger partial charge < -0.3 is 9.84 Å². The summed E-state index contributed by atoms with van der Waals surface area (Å²) in [5, 5.41) is 9.01. The molecule has 20 heavy (non-hydrogen) atoms. The Hall–Kier alpha value is -1.84. The van der Waals surface area contributed by atoms with E-state index in [1.54, 1.807) is 18.2 Å². The quantitative estimate of drug-likeness (QED) is 0.551. The molecule has 1 aromatic rings. The van der Waals surface area contributed by atoms with Crippen LogP contribution >= 0.6 is 0 Å². The topological polar surface area (TPSA) is 63.6 Å². The standard InChI is InChI=1S/C16H22O4/c1-2-3-4-5-6-11-15(17)20-12-13-9-7-8-10-14(13)16(18)19/h7-10H,2-6,11-12H2,1H3,(H,18,19). The third-order valence-electron chi connectivity index (χ3n) is 3.12. The molecule has 0 radical (unpaired) electrons. The number of hydrogen-bond donors (Lipinski definition) is 1. The number of aromatic carboxylic acids is 1. The fourth-order valence-corrected chi connectivity index (χ4v) is 1.96. The number of esters is 1. The highest BCUT2D eigenvalue weighted by Crippen LogP contribution is 2.11. The van der Waals surface area contributed by atoms with E-state index >= 15 is 0 Å². The number of benzene rings is 1. The molecule has 0 saturated heterocycles. The lowest BCUT2D eigenvalue weighted by Crippen LogP contribution is -2.08. The second kappa shape index (κ2) is 9.13. The van der Waals surface area contributed by atoms with E-state index in [1.165, 1.54) is 18.9 Å². The Morgan fingerprint density at radius 3 is 2.50 bits per heavy atom. The Bertz CT molecular complexity index is 440.